The number of carbonyl (C=O) groups excluding carboxylic acids is 2. The smallest absolute Gasteiger partial charge is 0.254 e. The summed E-state index contributed by atoms with van der Waals surface area (Å²) in [6.45, 7) is 7.76. The Bertz CT molecular complexity index is 1210. The van der Waals surface area contributed by atoms with Gasteiger partial charge in [0.25, 0.3) is 5.91 Å². The van der Waals surface area contributed by atoms with E-state index < -0.39 is 0 Å². The topological polar surface area (TPSA) is 107 Å². The van der Waals surface area contributed by atoms with E-state index in [4.69, 9.17) is 14.0 Å². The summed E-state index contributed by atoms with van der Waals surface area (Å²) in [5.74, 6) is 1.97. The summed E-state index contributed by atoms with van der Waals surface area (Å²) in [6, 6.07) is 12.6. The van der Waals surface area contributed by atoms with E-state index in [2.05, 4.69) is 15.5 Å². The molecule has 36 heavy (non-hydrogen) atoms. The van der Waals surface area contributed by atoms with Crippen LogP contribution in [0.2, 0.25) is 0 Å². The van der Waals surface area contributed by atoms with Crippen molar-refractivity contribution in [2.24, 2.45) is 0 Å². The molecular weight excluding hydrogens is 460 g/mol. The van der Waals surface area contributed by atoms with Crippen LogP contribution in [0.5, 0.6) is 11.5 Å². The minimum atomic E-state index is -0.0668. The number of amides is 2. The van der Waals surface area contributed by atoms with E-state index >= 15 is 0 Å². The van der Waals surface area contributed by atoms with Crippen LogP contribution in [0.1, 0.15) is 62.2 Å². The highest BCUT2D eigenvalue weighted by Gasteiger charge is 2.29. The number of carbonyl (C=O) groups is 2. The van der Waals surface area contributed by atoms with Gasteiger partial charge in [0.1, 0.15) is 0 Å². The molecule has 0 bridgehead atoms. The number of aromatic nitrogens is 2. The monoisotopic (exact) mass is 492 g/mol. The number of hydrogen-bond acceptors (Lipinski definition) is 7. The normalized spacial score (nSPS) is 15.4. The van der Waals surface area contributed by atoms with Gasteiger partial charge in [-0.2, -0.15) is 4.98 Å². The number of rotatable bonds is 9. The third kappa shape index (κ3) is 5.84. The molecule has 2 heterocycles. The van der Waals surface area contributed by atoms with Gasteiger partial charge >= 0.3 is 0 Å². The number of nitrogens with one attached hydrogen (secondary N) is 1. The number of nitrogens with zero attached hydrogens (tertiary/aromatic N) is 3. The van der Waals surface area contributed by atoms with Crippen molar-refractivity contribution in [2.45, 2.75) is 46.0 Å². The second-order valence-electron chi connectivity index (χ2n) is 8.56. The van der Waals surface area contributed by atoms with Crippen LogP contribution in [0.3, 0.4) is 0 Å². The van der Waals surface area contributed by atoms with Gasteiger partial charge in [-0.25, -0.2) is 0 Å². The van der Waals surface area contributed by atoms with Crippen molar-refractivity contribution in [3.05, 3.63) is 53.9 Å². The summed E-state index contributed by atoms with van der Waals surface area (Å²) in [7, 11) is 0. The molecule has 1 fully saturated rings. The van der Waals surface area contributed by atoms with Crippen molar-refractivity contribution in [3.63, 3.8) is 0 Å². The molecule has 3 aromatic rings. The quantitative estimate of drug-likeness (QED) is 0.453. The maximum absolute atomic E-state index is 13.3. The van der Waals surface area contributed by atoms with Crippen molar-refractivity contribution in [3.8, 4) is 22.9 Å². The first-order chi connectivity index (χ1) is 17.5. The molecule has 1 aromatic heterocycles. The minimum Gasteiger partial charge on any atom is -0.490 e. The number of piperidine rings is 1. The molecular formula is C27H32N4O5. The molecule has 9 heteroatoms. The molecule has 0 saturated carbocycles. The number of likely N-dealkylation sites (tertiary alicyclic amines) is 1. The number of ether oxygens (including phenoxy) is 2. The van der Waals surface area contributed by atoms with Crippen molar-refractivity contribution >= 4 is 17.5 Å². The molecule has 4 rings (SSSR count). The maximum Gasteiger partial charge on any atom is 0.254 e. The highest BCUT2D eigenvalue weighted by molar-refractivity contribution is 5.95. The molecule has 0 radical (unpaired) electrons. The Hall–Kier alpha value is -3.88. The predicted octanol–water partition coefficient (Wildman–Crippen LogP) is 4.90. The Morgan fingerprint density at radius 3 is 2.67 bits per heavy atom. The van der Waals surface area contributed by atoms with E-state index in [-0.39, 0.29) is 17.7 Å². The molecule has 190 valence electrons. The highest BCUT2D eigenvalue weighted by atomic mass is 16.5. The molecule has 0 aliphatic carbocycles. The average Bonchev–Trinajstić information content (AvgIpc) is 3.40. The summed E-state index contributed by atoms with van der Waals surface area (Å²) >= 11 is 0. The van der Waals surface area contributed by atoms with Crippen LogP contribution >= 0.6 is 0 Å². The fraction of sp³-hybridized carbons (Fsp3) is 0.407. The molecule has 2 amide bonds. The second kappa shape index (κ2) is 11.7. The van der Waals surface area contributed by atoms with Crippen molar-refractivity contribution in [1.82, 2.24) is 15.0 Å². The van der Waals surface area contributed by atoms with E-state index in [1.807, 2.05) is 43.0 Å². The predicted molar refractivity (Wildman–Crippen MR) is 135 cm³/mol. The van der Waals surface area contributed by atoms with Crippen LogP contribution in [-0.4, -0.2) is 53.2 Å². The van der Waals surface area contributed by atoms with Crippen LogP contribution in [0.15, 0.2) is 47.0 Å². The van der Waals surface area contributed by atoms with Gasteiger partial charge in [0.2, 0.25) is 17.6 Å². The van der Waals surface area contributed by atoms with Crippen molar-refractivity contribution in [2.75, 3.05) is 31.6 Å². The van der Waals surface area contributed by atoms with E-state index in [1.165, 1.54) is 0 Å². The van der Waals surface area contributed by atoms with Crippen molar-refractivity contribution in [1.29, 1.82) is 0 Å². The number of benzene rings is 2. The summed E-state index contributed by atoms with van der Waals surface area (Å²) in [6.07, 6.45) is 2.09. The van der Waals surface area contributed by atoms with Gasteiger partial charge in [-0.15, -0.1) is 0 Å². The summed E-state index contributed by atoms with van der Waals surface area (Å²) in [4.78, 5) is 31.5. The van der Waals surface area contributed by atoms with Gasteiger partial charge in [-0.05, 0) is 57.0 Å². The Kier molecular flexibility index (Phi) is 8.20. The lowest BCUT2D eigenvalue weighted by atomic mass is 9.97. The largest absolute Gasteiger partial charge is 0.490 e. The zero-order valence-electron chi connectivity index (χ0n) is 21.0. The van der Waals surface area contributed by atoms with E-state index in [0.717, 1.165) is 18.4 Å². The molecule has 1 N–H and O–H groups in total. The van der Waals surface area contributed by atoms with Gasteiger partial charge < -0.3 is 24.2 Å². The summed E-state index contributed by atoms with van der Waals surface area (Å²) in [5, 5.41) is 7.00. The molecule has 0 spiro atoms. The molecule has 9 nitrogen and oxygen atoms in total. The Morgan fingerprint density at radius 1 is 1.08 bits per heavy atom. The van der Waals surface area contributed by atoms with E-state index in [1.54, 1.807) is 25.1 Å². The first-order valence-corrected chi connectivity index (χ1v) is 12.4. The molecule has 1 atom stereocenters. The Morgan fingerprint density at radius 2 is 1.89 bits per heavy atom. The van der Waals surface area contributed by atoms with Gasteiger partial charge in [0.05, 0.1) is 19.1 Å². The summed E-state index contributed by atoms with van der Waals surface area (Å²) < 4.78 is 16.9. The lowest BCUT2D eigenvalue weighted by molar-refractivity contribution is -0.115. The number of anilines is 1. The van der Waals surface area contributed by atoms with Crippen LogP contribution < -0.4 is 14.8 Å². The highest BCUT2D eigenvalue weighted by Crippen LogP contribution is 2.32. The van der Waals surface area contributed by atoms with Gasteiger partial charge in [0, 0.05) is 36.3 Å². The van der Waals surface area contributed by atoms with Crippen LogP contribution in [-0.2, 0) is 4.79 Å². The van der Waals surface area contributed by atoms with Crippen LogP contribution in [0.4, 0.5) is 5.69 Å². The van der Waals surface area contributed by atoms with E-state index in [0.29, 0.717) is 67.2 Å². The first-order valence-electron chi connectivity index (χ1n) is 12.4. The fourth-order valence-electron chi connectivity index (χ4n) is 4.23. The van der Waals surface area contributed by atoms with Crippen LogP contribution in [0, 0.1) is 0 Å². The molecule has 2 aromatic carbocycles. The van der Waals surface area contributed by atoms with Crippen LogP contribution in [0.25, 0.3) is 11.4 Å². The average molecular weight is 493 g/mol. The van der Waals surface area contributed by atoms with Gasteiger partial charge in [0.15, 0.2) is 11.5 Å². The van der Waals surface area contributed by atoms with E-state index in [9.17, 15) is 9.59 Å². The maximum atomic E-state index is 13.3. The number of hydrogen-bond donors (Lipinski definition) is 1. The fourth-order valence-corrected chi connectivity index (χ4v) is 4.23. The zero-order chi connectivity index (χ0) is 25.5. The SMILES string of the molecule is CCOc1ccc(C(=O)N2CCC[C@@H](c3nc(-c4cccc(NC(=O)CC)c4)no3)C2)cc1OCC. The zero-order valence-corrected chi connectivity index (χ0v) is 21.0. The lowest BCUT2D eigenvalue weighted by Gasteiger charge is -2.31. The Labute approximate surface area is 210 Å². The molecule has 1 saturated heterocycles. The molecule has 0 unspecified atom stereocenters. The minimum absolute atomic E-state index is 0.0546. The third-order valence-corrected chi connectivity index (χ3v) is 6.02. The lowest BCUT2D eigenvalue weighted by Crippen LogP contribution is -2.39. The van der Waals surface area contributed by atoms with Gasteiger partial charge in [-0.3, -0.25) is 9.59 Å². The Balaban J connectivity index is 1.47. The molecule has 1 aliphatic rings. The molecule has 1 aliphatic heterocycles. The standard InChI is InChI=1S/C27H32N4O5/c1-4-24(32)28-21-11-7-9-18(15-21)25-29-26(36-30-25)20-10-8-14-31(17-20)27(33)19-12-13-22(34-5-2)23(16-19)35-6-3/h7,9,11-13,15-16,20H,4-6,8,10,14,17H2,1-3H3,(H,28,32)/t20-/m1/s1. The third-order valence-electron chi connectivity index (χ3n) is 6.02. The second-order valence-corrected chi connectivity index (χ2v) is 8.56. The first kappa shape index (κ1) is 25.2. The summed E-state index contributed by atoms with van der Waals surface area (Å²) in [5.41, 5.74) is 1.99. The van der Waals surface area contributed by atoms with Crippen molar-refractivity contribution < 1.29 is 23.6 Å². The van der Waals surface area contributed by atoms with Gasteiger partial charge in [-0.1, -0.05) is 24.2 Å².